The second kappa shape index (κ2) is 13.3. The van der Waals surface area contributed by atoms with Gasteiger partial charge < -0.3 is 24.8 Å². The minimum absolute atomic E-state index is 0.178. The number of halogens is 1. The summed E-state index contributed by atoms with van der Waals surface area (Å²) in [5.41, 5.74) is 3.53. The Morgan fingerprint density at radius 2 is 1.80 bits per heavy atom. The van der Waals surface area contributed by atoms with Crippen LogP contribution in [0.4, 0.5) is 4.39 Å². The molecule has 0 spiro atoms. The molecule has 3 aromatic rings. The molecule has 8 heteroatoms. The van der Waals surface area contributed by atoms with Crippen molar-refractivity contribution in [3.05, 3.63) is 82.2 Å². The molecule has 5 rings (SSSR count). The lowest BCUT2D eigenvalue weighted by Crippen LogP contribution is -2.19. The summed E-state index contributed by atoms with van der Waals surface area (Å²) in [6.45, 7) is 7.47. The Balaban J connectivity index is 0.000000241. The molecule has 0 radical (unpaired) electrons. The molecule has 40 heavy (non-hydrogen) atoms. The maximum Gasteiger partial charge on any atom is 0.300 e. The van der Waals surface area contributed by atoms with E-state index in [0.717, 1.165) is 55.2 Å². The minimum Gasteiger partial charge on any atom is -0.508 e. The van der Waals surface area contributed by atoms with E-state index in [1.54, 1.807) is 44.2 Å². The molecule has 0 aromatic heterocycles. The maximum absolute atomic E-state index is 13.9. The van der Waals surface area contributed by atoms with Gasteiger partial charge in [0, 0.05) is 30.0 Å². The van der Waals surface area contributed by atoms with E-state index in [2.05, 4.69) is 13.0 Å². The number of phenolic OH excluding ortho intramolecular Hbond substituents is 1. The fourth-order valence-corrected chi connectivity index (χ4v) is 4.56. The first-order valence-electron chi connectivity index (χ1n) is 13.3. The third-order valence-electron chi connectivity index (χ3n) is 6.61. The fourth-order valence-electron chi connectivity index (χ4n) is 4.56. The average molecular weight is 550 g/mol. The standard InChI is InChI=1S/C21H22FNO2.C9H10O2.C2H4O2/c1-21(2,24)11-10-14-6-8-19(15(12-14)13-23)25-20-9-7-18(22)16-4-3-5-17(16)20;1-6-5-11-9-4-7(10)2-3-8(6)9;1-2(3)4/h6-9,12,24H,3-5,10-11H2,1-2H3;2-4,6,10H,5H2,1H3;1H3,(H,3,4). The van der Waals surface area contributed by atoms with Crippen LogP contribution >= 0.6 is 0 Å². The summed E-state index contributed by atoms with van der Waals surface area (Å²) in [7, 11) is 0. The summed E-state index contributed by atoms with van der Waals surface area (Å²) in [6, 6.07) is 16.0. The number of aliphatic hydroxyl groups is 1. The summed E-state index contributed by atoms with van der Waals surface area (Å²) < 4.78 is 25.2. The summed E-state index contributed by atoms with van der Waals surface area (Å²) in [5.74, 6) is 1.67. The number of hydrogen-bond acceptors (Lipinski definition) is 6. The van der Waals surface area contributed by atoms with Gasteiger partial charge in [-0.15, -0.1) is 0 Å². The average Bonchev–Trinajstić information content (AvgIpc) is 3.52. The van der Waals surface area contributed by atoms with Crippen LogP contribution in [0.2, 0.25) is 0 Å². The van der Waals surface area contributed by atoms with E-state index in [0.29, 0.717) is 35.8 Å². The molecule has 0 saturated carbocycles. The van der Waals surface area contributed by atoms with E-state index in [-0.39, 0.29) is 11.6 Å². The van der Waals surface area contributed by atoms with Crippen molar-refractivity contribution < 1.29 is 34.0 Å². The molecule has 1 aliphatic carbocycles. The molecule has 3 N–H and O–H groups in total. The molecule has 0 amide bonds. The van der Waals surface area contributed by atoms with Gasteiger partial charge in [0.15, 0.2) is 0 Å². The number of carboxylic acid groups (broad SMARTS) is 1. The van der Waals surface area contributed by atoms with Crippen LogP contribution in [0.3, 0.4) is 0 Å². The topological polar surface area (TPSA) is 120 Å². The number of phenols is 1. The van der Waals surface area contributed by atoms with Crippen molar-refractivity contribution in [1.82, 2.24) is 0 Å². The first-order chi connectivity index (χ1) is 18.9. The number of fused-ring (bicyclic) bond motifs is 2. The number of aromatic hydroxyl groups is 1. The van der Waals surface area contributed by atoms with Crippen molar-refractivity contribution in [2.24, 2.45) is 0 Å². The summed E-state index contributed by atoms with van der Waals surface area (Å²) in [5, 5.41) is 35.8. The highest BCUT2D eigenvalue weighted by molar-refractivity contribution is 5.63. The number of rotatable bonds is 5. The van der Waals surface area contributed by atoms with Gasteiger partial charge in [-0.3, -0.25) is 4.79 Å². The molecule has 7 nitrogen and oxygen atoms in total. The molecule has 2 aliphatic rings. The minimum atomic E-state index is -0.833. The van der Waals surface area contributed by atoms with Crippen LogP contribution in [0.5, 0.6) is 23.0 Å². The van der Waals surface area contributed by atoms with E-state index < -0.39 is 11.6 Å². The third-order valence-corrected chi connectivity index (χ3v) is 6.61. The molecule has 1 aliphatic heterocycles. The number of aryl methyl sites for hydroxylation is 1. The zero-order valence-electron chi connectivity index (χ0n) is 23.3. The van der Waals surface area contributed by atoms with E-state index >= 15 is 0 Å². The number of nitriles is 1. The van der Waals surface area contributed by atoms with Crippen LogP contribution in [0.25, 0.3) is 0 Å². The highest BCUT2D eigenvalue weighted by Gasteiger charge is 2.21. The highest BCUT2D eigenvalue weighted by Crippen LogP contribution is 2.37. The number of carbonyl (C=O) groups is 1. The van der Waals surface area contributed by atoms with E-state index in [9.17, 15) is 14.8 Å². The van der Waals surface area contributed by atoms with Crippen LogP contribution in [0, 0.1) is 17.1 Å². The highest BCUT2D eigenvalue weighted by atomic mass is 19.1. The molecule has 0 saturated heterocycles. The van der Waals surface area contributed by atoms with Crippen LogP contribution < -0.4 is 9.47 Å². The SMILES string of the molecule is CC(=O)O.CC(C)(O)CCc1ccc(Oc2ccc(F)c3c2CCC3)c(C#N)c1.CC1COc2cc(O)ccc21. The van der Waals surface area contributed by atoms with Gasteiger partial charge in [-0.05, 0) is 87.4 Å². The Labute approximate surface area is 234 Å². The lowest BCUT2D eigenvalue weighted by Gasteiger charge is -2.17. The normalized spacial score (nSPS) is 14.8. The first kappa shape index (κ1) is 30.5. The van der Waals surface area contributed by atoms with Crippen molar-refractivity contribution in [2.45, 2.75) is 71.3 Å². The van der Waals surface area contributed by atoms with Crippen LogP contribution in [-0.4, -0.2) is 33.5 Å². The van der Waals surface area contributed by atoms with Gasteiger partial charge in [0.05, 0.1) is 17.8 Å². The predicted octanol–water partition coefficient (Wildman–Crippen LogP) is 6.66. The molecular weight excluding hydrogens is 513 g/mol. The van der Waals surface area contributed by atoms with E-state index in [1.165, 1.54) is 11.6 Å². The zero-order chi connectivity index (χ0) is 29.4. The molecule has 3 aromatic carbocycles. The molecule has 0 bridgehead atoms. The van der Waals surface area contributed by atoms with Crippen LogP contribution in [-0.2, 0) is 24.1 Å². The Hall–Kier alpha value is -4.09. The lowest BCUT2D eigenvalue weighted by atomic mass is 9.98. The second-order valence-electron chi connectivity index (χ2n) is 10.7. The number of aliphatic carboxylic acids is 1. The van der Waals surface area contributed by atoms with E-state index in [1.807, 2.05) is 12.1 Å². The zero-order valence-corrected chi connectivity index (χ0v) is 23.3. The van der Waals surface area contributed by atoms with Crippen molar-refractivity contribution >= 4 is 5.97 Å². The predicted molar refractivity (Wildman–Crippen MR) is 150 cm³/mol. The smallest absolute Gasteiger partial charge is 0.300 e. The number of benzene rings is 3. The Kier molecular flexibility index (Phi) is 10.1. The van der Waals surface area contributed by atoms with Gasteiger partial charge >= 0.3 is 0 Å². The van der Waals surface area contributed by atoms with Crippen LogP contribution in [0.1, 0.15) is 74.3 Å². The first-order valence-corrected chi connectivity index (χ1v) is 13.3. The van der Waals surface area contributed by atoms with Crippen molar-refractivity contribution in [1.29, 1.82) is 5.26 Å². The summed E-state index contributed by atoms with van der Waals surface area (Å²) in [6.07, 6.45) is 3.76. The summed E-state index contributed by atoms with van der Waals surface area (Å²) >= 11 is 0. The Morgan fingerprint density at radius 1 is 1.12 bits per heavy atom. The molecule has 1 heterocycles. The quantitative estimate of drug-likeness (QED) is 0.325. The second-order valence-corrected chi connectivity index (χ2v) is 10.7. The number of carboxylic acids is 1. The number of nitrogens with zero attached hydrogens (tertiary/aromatic N) is 1. The third kappa shape index (κ3) is 8.45. The molecule has 0 fully saturated rings. The molecular formula is C32H36FNO6. The monoisotopic (exact) mass is 549 g/mol. The van der Waals surface area contributed by atoms with Gasteiger partial charge in [-0.1, -0.05) is 19.1 Å². The van der Waals surface area contributed by atoms with Crippen LogP contribution in [0.15, 0.2) is 48.5 Å². The number of hydrogen-bond donors (Lipinski definition) is 3. The molecule has 212 valence electrons. The largest absolute Gasteiger partial charge is 0.508 e. The van der Waals surface area contributed by atoms with Crippen molar-refractivity contribution in [2.75, 3.05) is 6.61 Å². The Bertz CT molecular complexity index is 1390. The van der Waals surface area contributed by atoms with E-state index in [4.69, 9.17) is 24.5 Å². The maximum atomic E-state index is 13.9. The van der Waals surface area contributed by atoms with Crippen molar-refractivity contribution in [3.8, 4) is 29.1 Å². The van der Waals surface area contributed by atoms with Gasteiger partial charge in [-0.2, -0.15) is 5.26 Å². The fraction of sp³-hybridized carbons (Fsp3) is 0.375. The van der Waals surface area contributed by atoms with Gasteiger partial charge in [0.25, 0.3) is 5.97 Å². The number of ether oxygens (including phenoxy) is 2. The van der Waals surface area contributed by atoms with Gasteiger partial charge in [0.1, 0.15) is 34.9 Å². The molecule has 1 unspecified atom stereocenters. The Morgan fingerprint density at radius 3 is 2.48 bits per heavy atom. The van der Waals surface area contributed by atoms with Gasteiger partial charge in [0.2, 0.25) is 0 Å². The van der Waals surface area contributed by atoms with Gasteiger partial charge in [-0.25, -0.2) is 4.39 Å². The molecule has 1 atom stereocenters. The summed E-state index contributed by atoms with van der Waals surface area (Å²) in [4.78, 5) is 9.00. The van der Waals surface area contributed by atoms with Crippen molar-refractivity contribution in [3.63, 3.8) is 0 Å². The lowest BCUT2D eigenvalue weighted by molar-refractivity contribution is -0.134.